The molecular formula is C29H38N2O5Si. The Morgan fingerprint density at radius 3 is 2.19 bits per heavy atom. The largest absolute Gasteiger partial charge is 0.405 e. The fourth-order valence-electron chi connectivity index (χ4n) is 5.56. The van der Waals surface area contributed by atoms with E-state index in [1.807, 2.05) is 12.1 Å². The Bertz CT molecular complexity index is 1240. The highest BCUT2D eigenvalue weighted by molar-refractivity contribution is 6.99. The predicted octanol–water partition coefficient (Wildman–Crippen LogP) is 3.10. The minimum absolute atomic E-state index is 0.0984. The summed E-state index contributed by atoms with van der Waals surface area (Å²) in [6.45, 7) is 8.87. The number of aliphatic hydroxyl groups excluding tert-OH is 1. The average molecular weight is 523 g/mol. The number of nitrogens with one attached hydrogen (secondary N) is 1. The van der Waals surface area contributed by atoms with Crippen molar-refractivity contribution in [2.45, 2.75) is 64.3 Å². The summed E-state index contributed by atoms with van der Waals surface area (Å²) in [6, 6.07) is 20.9. The third-order valence-electron chi connectivity index (χ3n) is 7.43. The van der Waals surface area contributed by atoms with Gasteiger partial charge in [-0.15, -0.1) is 0 Å². The molecule has 3 atom stereocenters. The smallest absolute Gasteiger partial charge is 0.330 e. The van der Waals surface area contributed by atoms with E-state index >= 15 is 0 Å². The number of aryl methyl sites for hydroxylation is 1. The van der Waals surface area contributed by atoms with E-state index in [1.165, 1.54) is 14.9 Å². The molecule has 0 aliphatic carbocycles. The van der Waals surface area contributed by atoms with Crippen LogP contribution in [0, 0.1) is 12.8 Å². The Hall–Kier alpha value is -2.78. The van der Waals surface area contributed by atoms with E-state index < -0.39 is 20.2 Å². The zero-order valence-electron chi connectivity index (χ0n) is 22.1. The molecule has 0 bridgehead atoms. The summed E-state index contributed by atoms with van der Waals surface area (Å²) in [6.07, 6.45) is 2.84. The highest BCUT2D eigenvalue weighted by Gasteiger charge is 2.51. The van der Waals surface area contributed by atoms with Crippen LogP contribution in [0.15, 0.2) is 76.4 Å². The molecule has 37 heavy (non-hydrogen) atoms. The first kappa shape index (κ1) is 27.3. The first-order valence-corrected chi connectivity index (χ1v) is 14.9. The fourth-order valence-corrected chi connectivity index (χ4v) is 10.1. The van der Waals surface area contributed by atoms with Gasteiger partial charge in [0.05, 0.1) is 12.7 Å². The van der Waals surface area contributed by atoms with Crippen LogP contribution >= 0.6 is 0 Å². The van der Waals surface area contributed by atoms with Gasteiger partial charge in [0.15, 0.2) is 0 Å². The number of aromatic amines is 1. The Morgan fingerprint density at radius 1 is 1.05 bits per heavy atom. The molecule has 198 valence electrons. The van der Waals surface area contributed by atoms with Crippen LogP contribution in [0.25, 0.3) is 0 Å². The lowest BCUT2D eigenvalue weighted by atomic mass is 9.96. The zero-order chi connectivity index (χ0) is 26.6. The third kappa shape index (κ3) is 5.57. The number of nitrogens with zero attached hydrogens (tertiary/aromatic N) is 1. The molecular weight excluding hydrogens is 484 g/mol. The summed E-state index contributed by atoms with van der Waals surface area (Å²) < 4.78 is 15.1. The Kier molecular flexibility index (Phi) is 8.33. The van der Waals surface area contributed by atoms with Crippen molar-refractivity contribution in [1.29, 1.82) is 0 Å². The highest BCUT2D eigenvalue weighted by atomic mass is 28.4. The van der Waals surface area contributed by atoms with Crippen LogP contribution in [-0.2, 0) is 9.16 Å². The van der Waals surface area contributed by atoms with E-state index in [9.17, 15) is 14.7 Å². The van der Waals surface area contributed by atoms with Crippen LogP contribution in [-0.4, -0.2) is 42.3 Å². The molecule has 0 amide bonds. The SMILES string of the molecule is Cc1cn([C@H]2C[C@H](CCCO)[C@@H](CO[Si](c3ccccc3)(c3ccccc3)C(C)(C)C)O2)c(=O)[nH]c1=O. The van der Waals surface area contributed by atoms with Gasteiger partial charge < -0.3 is 14.3 Å². The molecule has 1 aliphatic rings. The summed E-state index contributed by atoms with van der Waals surface area (Å²) >= 11 is 0. The molecule has 2 heterocycles. The van der Waals surface area contributed by atoms with Gasteiger partial charge in [0, 0.05) is 18.4 Å². The van der Waals surface area contributed by atoms with E-state index in [0.29, 0.717) is 25.0 Å². The van der Waals surface area contributed by atoms with Crippen molar-refractivity contribution >= 4 is 18.7 Å². The summed E-state index contributed by atoms with van der Waals surface area (Å²) in [4.78, 5) is 26.9. The zero-order valence-corrected chi connectivity index (χ0v) is 23.1. The summed E-state index contributed by atoms with van der Waals surface area (Å²) in [7, 11) is -2.75. The predicted molar refractivity (Wildman–Crippen MR) is 148 cm³/mol. The van der Waals surface area contributed by atoms with Gasteiger partial charge in [-0.3, -0.25) is 14.3 Å². The number of benzene rings is 2. The number of aromatic nitrogens is 2. The lowest BCUT2D eigenvalue weighted by Gasteiger charge is -2.43. The van der Waals surface area contributed by atoms with E-state index in [1.54, 1.807) is 13.1 Å². The monoisotopic (exact) mass is 522 g/mol. The Balaban J connectivity index is 1.69. The normalized spacial score (nSPS) is 20.3. The number of hydrogen-bond donors (Lipinski definition) is 2. The van der Waals surface area contributed by atoms with Gasteiger partial charge in [-0.05, 0) is 47.5 Å². The van der Waals surface area contributed by atoms with Gasteiger partial charge in [0.25, 0.3) is 13.9 Å². The van der Waals surface area contributed by atoms with Crippen LogP contribution in [0.2, 0.25) is 5.04 Å². The second-order valence-electron chi connectivity index (χ2n) is 10.9. The molecule has 7 nitrogen and oxygen atoms in total. The molecule has 0 saturated carbocycles. The molecule has 0 unspecified atom stereocenters. The molecule has 0 radical (unpaired) electrons. The van der Waals surface area contributed by atoms with Crippen LogP contribution in [0.3, 0.4) is 0 Å². The molecule has 3 aromatic rings. The van der Waals surface area contributed by atoms with Crippen LogP contribution < -0.4 is 21.6 Å². The minimum Gasteiger partial charge on any atom is -0.405 e. The van der Waals surface area contributed by atoms with Crippen molar-refractivity contribution in [2.24, 2.45) is 5.92 Å². The molecule has 4 rings (SSSR count). The Morgan fingerprint density at radius 2 is 1.65 bits per heavy atom. The number of rotatable bonds is 9. The quantitative estimate of drug-likeness (QED) is 0.421. The topological polar surface area (TPSA) is 93.6 Å². The van der Waals surface area contributed by atoms with Crippen LogP contribution in [0.1, 0.15) is 51.8 Å². The third-order valence-corrected chi connectivity index (χ3v) is 12.4. The second kappa shape index (κ2) is 11.3. The standard InChI is InChI=1S/C29H38N2O5Si/c1-21-19-31(28(34)30-27(21)33)26-18-22(12-11-17-32)25(36-26)20-35-37(29(2,3)4,23-13-7-5-8-14-23)24-15-9-6-10-16-24/h5-10,13-16,19,22,25-26,32H,11-12,17-18,20H2,1-4H3,(H,30,33,34)/t22-,25+,26+/m0/s1. The molecule has 1 fully saturated rings. The van der Waals surface area contributed by atoms with E-state index in [-0.39, 0.29) is 29.2 Å². The van der Waals surface area contributed by atoms with Crippen LogP contribution in [0.5, 0.6) is 0 Å². The number of H-pyrrole nitrogens is 1. The van der Waals surface area contributed by atoms with Crippen molar-refractivity contribution in [3.63, 3.8) is 0 Å². The maximum atomic E-state index is 12.6. The second-order valence-corrected chi connectivity index (χ2v) is 15.2. The molecule has 1 aliphatic heterocycles. The Labute approximate surface area is 219 Å². The minimum atomic E-state index is -2.75. The lowest BCUT2D eigenvalue weighted by Crippen LogP contribution is -2.67. The van der Waals surface area contributed by atoms with Crippen molar-refractivity contribution < 1.29 is 14.3 Å². The summed E-state index contributed by atoms with van der Waals surface area (Å²) in [5.41, 5.74) is -0.403. The van der Waals surface area contributed by atoms with Gasteiger partial charge in [-0.25, -0.2) is 4.79 Å². The first-order chi connectivity index (χ1) is 17.7. The molecule has 8 heteroatoms. The molecule has 2 aromatic carbocycles. The van der Waals surface area contributed by atoms with Gasteiger partial charge in [0.2, 0.25) is 0 Å². The summed E-state index contributed by atoms with van der Waals surface area (Å²) in [5, 5.41) is 11.7. The highest BCUT2D eigenvalue weighted by Crippen LogP contribution is 2.40. The lowest BCUT2D eigenvalue weighted by molar-refractivity contribution is -0.0303. The first-order valence-electron chi connectivity index (χ1n) is 13.0. The number of aliphatic hydroxyl groups is 1. The van der Waals surface area contributed by atoms with Crippen LogP contribution in [0.4, 0.5) is 0 Å². The van der Waals surface area contributed by atoms with Crippen molar-refractivity contribution in [2.75, 3.05) is 13.2 Å². The maximum Gasteiger partial charge on any atom is 0.330 e. The van der Waals surface area contributed by atoms with Gasteiger partial charge in [-0.2, -0.15) is 0 Å². The number of ether oxygens (including phenoxy) is 1. The van der Waals surface area contributed by atoms with Crippen molar-refractivity contribution in [3.8, 4) is 0 Å². The maximum absolute atomic E-state index is 12.6. The van der Waals surface area contributed by atoms with Gasteiger partial charge in [0.1, 0.15) is 6.23 Å². The molecule has 1 saturated heterocycles. The van der Waals surface area contributed by atoms with Gasteiger partial charge >= 0.3 is 5.69 Å². The molecule has 0 spiro atoms. The number of hydrogen-bond acceptors (Lipinski definition) is 5. The summed E-state index contributed by atoms with van der Waals surface area (Å²) in [5.74, 6) is 0.106. The van der Waals surface area contributed by atoms with Gasteiger partial charge in [-0.1, -0.05) is 81.4 Å². The molecule has 2 N–H and O–H groups in total. The average Bonchev–Trinajstić information content (AvgIpc) is 3.28. The van der Waals surface area contributed by atoms with Crippen molar-refractivity contribution in [1.82, 2.24) is 9.55 Å². The van der Waals surface area contributed by atoms with E-state index in [2.05, 4.69) is 74.3 Å². The van der Waals surface area contributed by atoms with E-state index in [4.69, 9.17) is 9.16 Å². The van der Waals surface area contributed by atoms with E-state index in [0.717, 1.165) is 6.42 Å². The fraction of sp³-hybridized carbons (Fsp3) is 0.448. The van der Waals surface area contributed by atoms with Crippen molar-refractivity contribution in [3.05, 3.63) is 93.3 Å². The molecule has 1 aromatic heterocycles.